The summed E-state index contributed by atoms with van der Waals surface area (Å²) >= 11 is 1.90. The molecule has 1 aliphatic rings. The van der Waals surface area contributed by atoms with Crippen LogP contribution in [-0.4, -0.2) is 65.2 Å². The Morgan fingerprint density at radius 1 is 1.10 bits per heavy atom. The van der Waals surface area contributed by atoms with Crippen molar-refractivity contribution < 1.29 is 13.2 Å². The molecule has 0 bridgehead atoms. The average molecular weight is 460 g/mol. The number of sulfone groups is 1. The number of aryl methyl sites for hydroxylation is 1. The van der Waals surface area contributed by atoms with Gasteiger partial charge in [0.15, 0.2) is 21.5 Å². The normalized spacial score (nSPS) is 16.2. The Balaban J connectivity index is 1.74. The summed E-state index contributed by atoms with van der Waals surface area (Å²) in [4.78, 5) is 2.54. The Hall–Kier alpha value is -2.43. The van der Waals surface area contributed by atoms with Gasteiger partial charge in [-0.2, -0.15) is 11.8 Å². The van der Waals surface area contributed by atoms with Crippen molar-refractivity contribution in [1.82, 2.24) is 25.1 Å². The molecule has 0 N–H and O–H groups in total. The second-order valence-corrected chi connectivity index (χ2v) is 10.6. The minimum atomic E-state index is -3.62. The molecular formula is C21H25N5O3S2. The summed E-state index contributed by atoms with van der Waals surface area (Å²) in [6.07, 6.45) is 0. The van der Waals surface area contributed by atoms with E-state index in [-0.39, 0.29) is 16.8 Å². The summed E-state index contributed by atoms with van der Waals surface area (Å²) in [5.41, 5.74) is 1.92. The van der Waals surface area contributed by atoms with Crippen LogP contribution in [-0.2, 0) is 15.7 Å². The van der Waals surface area contributed by atoms with Gasteiger partial charge in [0.05, 0.1) is 12.0 Å². The molecule has 0 radical (unpaired) electrons. The summed E-state index contributed by atoms with van der Waals surface area (Å²) in [5, 5.41) is 12.2. The fraction of sp³-hybridized carbons (Fsp3) is 0.381. The molecule has 1 aliphatic heterocycles. The number of ether oxygens (including phenoxy) is 1. The van der Waals surface area contributed by atoms with Gasteiger partial charge in [-0.15, -0.1) is 5.10 Å². The zero-order valence-corrected chi connectivity index (χ0v) is 19.1. The topological polar surface area (TPSA) is 90.2 Å². The molecule has 2 aromatic carbocycles. The monoisotopic (exact) mass is 459 g/mol. The molecule has 2 heterocycles. The number of hydrogen-bond acceptors (Lipinski definition) is 8. The van der Waals surface area contributed by atoms with E-state index >= 15 is 0 Å². The molecule has 164 valence electrons. The van der Waals surface area contributed by atoms with Gasteiger partial charge in [-0.1, -0.05) is 35.9 Å². The van der Waals surface area contributed by atoms with Crippen LogP contribution in [0.5, 0.6) is 5.75 Å². The van der Waals surface area contributed by atoms with Crippen LogP contribution < -0.4 is 4.74 Å². The van der Waals surface area contributed by atoms with Gasteiger partial charge in [0.2, 0.25) is 0 Å². The Bertz CT molecular complexity index is 1130. The van der Waals surface area contributed by atoms with Crippen molar-refractivity contribution in [2.75, 3.05) is 31.7 Å². The van der Waals surface area contributed by atoms with Crippen molar-refractivity contribution in [2.24, 2.45) is 0 Å². The number of nitrogens with zero attached hydrogens (tertiary/aromatic N) is 5. The van der Waals surface area contributed by atoms with E-state index in [1.54, 1.807) is 31.4 Å². The van der Waals surface area contributed by atoms with E-state index in [9.17, 15) is 8.42 Å². The van der Waals surface area contributed by atoms with Gasteiger partial charge in [0.25, 0.3) is 0 Å². The third-order valence-corrected chi connectivity index (χ3v) is 7.84. The van der Waals surface area contributed by atoms with E-state index in [2.05, 4.69) is 20.4 Å². The van der Waals surface area contributed by atoms with Crippen LogP contribution in [0.4, 0.5) is 0 Å². The molecule has 0 spiro atoms. The first-order valence-corrected chi connectivity index (χ1v) is 12.8. The quantitative estimate of drug-likeness (QED) is 0.533. The average Bonchev–Trinajstić information content (AvgIpc) is 3.22. The van der Waals surface area contributed by atoms with Gasteiger partial charge < -0.3 is 4.74 Å². The highest BCUT2D eigenvalue weighted by molar-refractivity contribution is 7.99. The lowest BCUT2D eigenvalue weighted by molar-refractivity contribution is 0.231. The number of rotatable bonds is 7. The first kappa shape index (κ1) is 21.8. The lowest BCUT2D eigenvalue weighted by atomic mass is 10.0. The fourth-order valence-corrected chi connectivity index (χ4v) is 5.84. The van der Waals surface area contributed by atoms with Crippen LogP contribution >= 0.6 is 11.8 Å². The third-order valence-electron chi connectivity index (χ3n) is 5.32. The van der Waals surface area contributed by atoms with Crippen LogP contribution in [0.15, 0.2) is 53.4 Å². The summed E-state index contributed by atoms with van der Waals surface area (Å²) < 4.78 is 33.1. The number of para-hydroxylation sites is 1. The van der Waals surface area contributed by atoms with Gasteiger partial charge in [-0.25, -0.2) is 13.1 Å². The second kappa shape index (κ2) is 9.37. The molecule has 4 rings (SSSR count). The minimum absolute atomic E-state index is 0.253. The molecule has 31 heavy (non-hydrogen) atoms. The maximum Gasteiger partial charge on any atom is 0.198 e. The van der Waals surface area contributed by atoms with Gasteiger partial charge in [-0.05, 0) is 35.5 Å². The van der Waals surface area contributed by atoms with Crippen molar-refractivity contribution >= 4 is 21.6 Å². The van der Waals surface area contributed by atoms with E-state index in [4.69, 9.17) is 4.74 Å². The SMILES string of the molecule is COc1ccccc1[C@@H](c1nnnn1CS(=O)(=O)c1ccc(C)cc1)N1CCSCC1. The number of tetrazole rings is 1. The van der Waals surface area contributed by atoms with E-state index in [0.29, 0.717) is 5.82 Å². The molecule has 0 amide bonds. The minimum Gasteiger partial charge on any atom is -0.496 e. The highest BCUT2D eigenvalue weighted by Gasteiger charge is 2.32. The first-order valence-electron chi connectivity index (χ1n) is 10.00. The first-order chi connectivity index (χ1) is 15.0. The maximum atomic E-state index is 13.1. The predicted octanol–water partition coefficient (Wildman–Crippen LogP) is 2.56. The fourth-order valence-electron chi connectivity index (χ4n) is 3.71. The Morgan fingerprint density at radius 3 is 2.52 bits per heavy atom. The van der Waals surface area contributed by atoms with E-state index < -0.39 is 9.84 Å². The van der Waals surface area contributed by atoms with Crippen LogP contribution in [0.25, 0.3) is 0 Å². The van der Waals surface area contributed by atoms with Gasteiger partial charge >= 0.3 is 0 Å². The molecule has 1 saturated heterocycles. The Labute approximate surface area is 186 Å². The molecule has 8 nitrogen and oxygen atoms in total. The van der Waals surface area contributed by atoms with Gasteiger partial charge in [0, 0.05) is 30.2 Å². The molecular weight excluding hydrogens is 434 g/mol. The summed E-state index contributed by atoms with van der Waals surface area (Å²) in [6.45, 7) is 3.63. The van der Waals surface area contributed by atoms with Gasteiger partial charge in [0.1, 0.15) is 11.8 Å². The van der Waals surface area contributed by atoms with Crippen LogP contribution in [0, 0.1) is 6.92 Å². The Kier molecular flexibility index (Phi) is 6.59. The van der Waals surface area contributed by atoms with E-state index in [1.165, 1.54) is 4.68 Å². The Morgan fingerprint density at radius 2 is 1.81 bits per heavy atom. The highest BCUT2D eigenvalue weighted by atomic mass is 32.2. The van der Waals surface area contributed by atoms with Crippen LogP contribution in [0.2, 0.25) is 0 Å². The number of aromatic nitrogens is 4. The van der Waals surface area contributed by atoms with E-state index in [1.807, 2.05) is 43.0 Å². The maximum absolute atomic E-state index is 13.1. The summed E-state index contributed by atoms with van der Waals surface area (Å²) in [6, 6.07) is 14.3. The molecule has 1 aromatic heterocycles. The van der Waals surface area contributed by atoms with Crippen molar-refractivity contribution in [3.05, 3.63) is 65.5 Å². The van der Waals surface area contributed by atoms with Crippen LogP contribution in [0.3, 0.4) is 0 Å². The van der Waals surface area contributed by atoms with E-state index in [0.717, 1.165) is 41.5 Å². The molecule has 0 saturated carbocycles. The summed E-state index contributed by atoms with van der Waals surface area (Å²) in [5.74, 6) is 2.88. The zero-order valence-electron chi connectivity index (χ0n) is 17.5. The predicted molar refractivity (Wildman–Crippen MR) is 120 cm³/mol. The van der Waals surface area contributed by atoms with Crippen molar-refractivity contribution in [3.63, 3.8) is 0 Å². The van der Waals surface area contributed by atoms with Crippen molar-refractivity contribution in [3.8, 4) is 5.75 Å². The lowest BCUT2D eigenvalue weighted by Crippen LogP contribution is -2.38. The number of thioether (sulfide) groups is 1. The van der Waals surface area contributed by atoms with Gasteiger partial charge in [-0.3, -0.25) is 4.90 Å². The largest absolute Gasteiger partial charge is 0.496 e. The number of benzene rings is 2. The molecule has 10 heteroatoms. The number of methoxy groups -OCH3 is 1. The number of hydrogen-bond donors (Lipinski definition) is 0. The molecule has 1 fully saturated rings. The van der Waals surface area contributed by atoms with Crippen LogP contribution in [0.1, 0.15) is 23.0 Å². The third kappa shape index (κ3) is 4.76. The van der Waals surface area contributed by atoms with Crippen molar-refractivity contribution in [1.29, 1.82) is 0 Å². The molecule has 1 atom stereocenters. The smallest absolute Gasteiger partial charge is 0.198 e. The summed E-state index contributed by atoms with van der Waals surface area (Å²) in [7, 11) is -1.99. The zero-order chi connectivity index (χ0) is 21.8. The highest BCUT2D eigenvalue weighted by Crippen LogP contribution is 2.35. The molecule has 3 aromatic rings. The second-order valence-electron chi connectivity index (χ2n) is 7.39. The lowest BCUT2D eigenvalue weighted by Gasteiger charge is -2.34. The van der Waals surface area contributed by atoms with Crippen molar-refractivity contribution in [2.45, 2.75) is 23.7 Å². The molecule has 0 unspecified atom stereocenters. The molecule has 0 aliphatic carbocycles. The standard InChI is InChI=1S/C21H25N5O3S2/c1-16-7-9-17(10-8-16)31(27,28)15-26-21(22-23-24-26)20(25-11-13-30-14-12-25)18-5-3-4-6-19(18)29-2/h3-10,20H,11-15H2,1-2H3/t20-/m0/s1.